The molecule has 1 aliphatic rings. The molecule has 2 N–H and O–H groups in total. The van der Waals surface area contributed by atoms with Crippen molar-refractivity contribution in [3.63, 3.8) is 0 Å². The maximum absolute atomic E-state index is 11.7. The second kappa shape index (κ2) is 4.91. The Morgan fingerprint density at radius 3 is 2.88 bits per heavy atom. The van der Waals surface area contributed by atoms with Crippen LogP contribution in [0.2, 0.25) is 0 Å². The molecule has 0 bridgehead atoms. The third kappa shape index (κ3) is 2.47. The number of nitrogens with zero attached hydrogens (tertiary/aromatic N) is 1. The molecule has 0 aromatic carbocycles. The molecule has 2 rings (SSSR count). The van der Waals surface area contributed by atoms with E-state index in [1.165, 1.54) is 18.5 Å². The number of carbonyl (C=O) groups excluding carboxylic acids is 1. The number of hydrazine groups is 1. The van der Waals surface area contributed by atoms with Gasteiger partial charge in [-0.05, 0) is 0 Å². The van der Waals surface area contributed by atoms with Crippen molar-refractivity contribution in [3.8, 4) is 0 Å². The Labute approximate surface area is 92.2 Å². The minimum Gasteiger partial charge on any atom is -0.379 e. The minimum absolute atomic E-state index is 0.119. The molecule has 0 aliphatic carbocycles. The maximum atomic E-state index is 11.7. The topological polar surface area (TPSA) is 74.4 Å². The van der Waals surface area contributed by atoms with Crippen molar-refractivity contribution in [2.45, 2.75) is 0 Å². The van der Waals surface area contributed by atoms with Gasteiger partial charge in [-0.15, -0.1) is 0 Å². The molecule has 0 atom stereocenters. The van der Waals surface area contributed by atoms with Crippen molar-refractivity contribution < 1.29 is 9.53 Å². The Morgan fingerprint density at radius 1 is 1.44 bits per heavy atom. The molecule has 0 saturated carbocycles. The average molecular weight is 223 g/mol. The van der Waals surface area contributed by atoms with Crippen molar-refractivity contribution in [1.82, 2.24) is 15.4 Å². The predicted molar refractivity (Wildman–Crippen MR) is 56.9 cm³/mol. The van der Waals surface area contributed by atoms with E-state index in [0.717, 1.165) is 0 Å². The highest BCUT2D eigenvalue weighted by atomic mass is 16.5. The predicted octanol–water partition coefficient (Wildman–Crippen LogP) is -0.648. The molecule has 6 heteroatoms. The number of ether oxygens (including phenoxy) is 1. The standard InChI is InChI=1S/C10H13N3O3/c14-9-1-2-11-7-8(9)10(15)12-13-3-5-16-6-4-13/h1-2,7H,3-6H2,(H,11,14)(H,12,15). The van der Waals surface area contributed by atoms with Gasteiger partial charge in [0, 0.05) is 31.5 Å². The first kappa shape index (κ1) is 10.8. The molecule has 0 spiro atoms. The minimum atomic E-state index is -0.385. The van der Waals surface area contributed by atoms with Crippen molar-refractivity contribution in [1.29, 1.82) is 0 Å². The lowest BCUT2D eigenvalue weighted by Gasteiger charge is -2.26. The van der Waals surface area contributed by atoms with Crippen LogP contribution >= 0.6 is 0 Å². The number of hydrogen-bond donors (Lipinski definition) is 2. The van der Waals surface area contributed by atoms with E-state index in [1.54, 1.807) is 5.01 Å². The summed E-state index contributed by atoms with van der Waals surface area (Å²) in [5, 5.41) is 1.75. The van der Waals surface area contributed by atoms with Gasteiger partial charge in [0.15, 0.2) is 5.43 Å². The molecule has 6 nitrogen and oxygen atoms in total. The Balaban J connectivity index is 2.02. The third-order valence-corrected chi connectivity index (χ3v) is 2.34. The normalized spacial score (nSPS) is 17.0. The van der Waals surface area contributed by atoms with Crippen LogP contribution in [0.4, 0.5) is 0 Å². The Kier molecular flexibility index (Phi) is 3.33. The molecule has 16 heavy (non-hydrogen) atoms. The van der Waals surface area contributed by atoms with Crippen LogP contribution in [0.3, 0.4) is 0 Å². The van der Waals surface area contributed by atoms with E-state index >= 15 is 0 Å². The highest BCUT2D eigenvalue weighted by Gasteiger charge is 2.15. The van der Waals surface area contributed by atoms with Crippen LogP contribution in [0, 0.1) is 0 Å². The van der Waals surface area contributed by atoms with Crippen molar-refractivity contribution in [2.24, 2.45) is 0 Å². The summed E-state index contributed by atoms with van der Waals surface area (Å²) >= 11 is 0. The van der Waals surface area contributed by atoms with Crippen LogP contribution < -0.4 is 10.9 Å². The second-order valence-electron chi connectivity index (χ2n) is 3.46. The number of H-pyrrole nitrogens is 1. The number of pyridine rings is 1. The lowest BCUT2D eigenvalue weighted by molar-refractivity contribution is 0.0126. The maximum Gasteiger partial charge on any atom is 0.271 e. The summed E-state index contributed by atoms with van der Waals surface area (Å²) in [5.74, 6) is -0.385. The van der Waals surface area contributed by atoms with E-state index in [2.05, 4.69) is 10.4 Å². The average Bonchev–Trinajstić information content (AvgIpc) is 2.31. The number of amides is 1. The summed E-state index contributed by atoms with van der Waals surface area (Å²) in [4.78, 5) is 25.8. The first-order chi connectivity index (χ1) is 7.77. The van der Waals surface area contributed by atoms with Crippen LogP contribution in [-0.4, -0.2) is 42.2 Å². The van der Waals surface area contributed by atoms with E-state index in [4.69, 9.17) is 4.74 Å². The summed E-state index contributed by atoms with van der Waals surface area (Å²) in [7, 11) is 0. The highest BCUT2D eigenvalue weighted by Crippen LogP contribution is 1.95. The van der Waals surface area contributed by atoms with Gasteiger partial charge in [-0.3, -0.25) is 15.0 Å². The van der Waals surface area contributed by atoms with E-state index in [-0.39, 0.29) is 16.9 Å². The van der Waals surface area contributed by atoms with Gasteiger partial charge in [0.1, 0.15) is 5.56 Å². The molecule has 0 radical (unpaired) electrons. The molecule has 1 saturated heterocycles. The van der Waals surface area contributed by atoms with Gasteiger partial charge in [-0.1, -0.05) is 0 Å². The smallest absolute Gasteiger partial charge is 0.271 e. The summed E-state index contributed by atoms with van der Waals surface area (Å²) in [6.07, 6.45) is 2.89. The number of aromatic amines is 1. The molecule has 86 valence electrons. The van der Waals surface area contributed by atoms with Gasteiger partial charge < -0.3 is 9.72 Å². The van der Waals surface area contributed by atoms with Crippen LogP contribution in [0.15, 0.2) is 23.3 Å². The fourth-order valence-electron chi connectivity index (χ4n) is 1.47. The molecule has 1 aromatic rings. The fourth-order valence-corrected chi connectivity index (χ4v) is 1.47. The molecule has 1 fully saturated rings. The third-order valence-electron chi connectivity index (χ3n) is 2.34. The number of nitrogens with one attached hydrogen (secondary N) is 2. The monoisotopic (exact) mass is 223 g/mol. The van der Waals surface area contributed by atoms with E-state index < -0.39 is 0 Å². The fraction of sp³-hybridized carbons (Fsp3) is 0.400. The number of carbonyl (C=O) groups is 1. The molecule has 1 amide bonds. The first-order valence-electron chi connectivity index (χ1n) is 5.08. The van der Waals surface area contributed by atoms with Gasteiger partial charge in [0.25, 0.3) is 5.91 Å². The SMILES string of the molecule is O=C(NN1CCOCC1)c1c[nH]ccc1=O. The highest BCUT2D eigenvalue weighted by molar-refractivity contribution is 5.93. The van der Waals surface area contributed by atoms with Crippen LogP contribution in [0.5, 0.6) is 0 Å². The molecular formula is C10H13N3O3. The summed E-state index contributed by atoms with van der Waals surface area (Å²) in [6, 6.07) is 1.33. The van der Waals surface area contributed by atoms with E-state index in [1.807, 2.05) is 0 Å². The molecule has 1 aliphatic heterocycles. The van der Waals surface area contributed by atoms with Gasteiger partial charge >= 0.3 is 0 Å². The first-order valence-corrected chi connectivity index (χ1v) is 5.08. The lowest BCUT2D eigenvalue weighted by atomic mass is 10.2. The Bertz CT molecular complexity index is 423. The van der Waals surface area contributed by atoms with Gasteiger partial charge in [0.05, 0.1) is 13.2 Å². The molecule has 0 unspecified atom stereocenters. The Hall–Kier alpha value is -1.66. The summed E-state index contributed by atoms with van der Waals surface area (Å²) < 4.78 is 5.15. The quantitative estimate of drug-likeness (QED) is 0.699. The largest absolute Gasteiger partial charge is 0.379 e. The zero-order valence-corrected chi connectivity index (χ0v) is 8.73. The number of morpholine rings is 1. The molecule has 2 heterocycles. The van der Waals surface area contributed by atoms with Crippen LogP contribution in [-0.2, 0) is 4.74 Å². The van der Waals surface area contributed by atoms with E-state index in [0.29, 0.717) is 26.3 Å². The zero-order valence-electron chi connectivity index (χ0n) is 8.73. The number of rotatable bonds is 2. The van der Waals surface area contributed by atoms with Gasteiger partial charge in [0.2, 0.25) is 0 Å². The molecular weight excluding hydrogens is 210 g/mol. The number of hydrogen-bond acceptors (Lipinski definition) is 4. The van der Waals surface area contributed by atoms with E-state index in [9.17, 15) is 9.59 Å². The second-order valence-corrected chi connectivity index (χ2v) is 3.46. The van der Waals surface area contributed by atoms with Crippen LogP contribution in [0.25, 0.3) is 0 Å². The summed E-state index contributed by atoms with van der Waals surface area (Å²) in [6.45, 7) is 2.45. The summed E-state index contributed by atoms with van der Waals surface area (Å²) in [5.41, 5.74) is 2.50. The van der Waals surface area contributed by atoms with Gasteiger partial charge in [-0.2, -0.15) is 0 Å². The van der Waals surface area contributed by atoms with Crippen molar-refractivity contribution >= 4 is 5.91 Å². The zero-order chi connectivity index (χ0) is 11.4. The lowest BCUT2D eigenvalue weighted by Crippen LogP contribution is -2.49. The van der Waals surface area contributed by atoms with Crippen molar-refractivity contribution in [2.75, 3.05) is 26.3 Å². The van der Waals surface area contributed by atoms with Crippen LogP contribution in [0.1, 0.15) is 10.4 Å². The molecule has 1 aromatic heterocycles. The Morgan fingerprint density at radius 2 is 2.19 bits per heavy atom. The van der Waals surface area contributed by atoms with Crippen molar-refractivity contribution in [3.05, 3.63) is 34.2 Å². The number of aromatic nitrogens is 1. The van der Waals surface area contributed by atoms with Gasteiger partial charge in [-0.25, -0.2) is 5.01 Å².